The highest BCUT2D eigenvalue weighted by Gasteiger charge is 2.50. The van der Waals surface area contributed by atoms with E-state index in [9.17, 15) is 13.2 Å². The second-order valence-corrected chi connectivity index (χ2v) is 8.81. The molecule has 7 nitrogen and oxygen atoms in total. The number of sulfone groups is 1. The van der Waals surface area contributed by atoms with Gasteiger partial charge in [-0.2, -0.15) is 0 Å². The zero-order valence-electron chi connectivity index (χ0n) is 14.8. The number of pyridine rings is 1. The van der Waals surface area contributed by atoms with Gasteiger partial charge in [-0.25, -0.2) is 13.4 Å². The number of piperidine rings is 1. The first-order valence-electron chi connectivity index (χ1n) is 8.30. The molecule has 0 aliphatic carbocycles. The van der Waals surface area contributed by atoms with Gasteiger partial charge in [0, 0.05) is 38.6 Å². The normalized spacial score (nSPS) is 19.9. The largest absolute Gasteiger partial charge is 0.353 e. The van der Waals surface area contributed by atoms with Crippen LogP contribution < -0.4 is 10.2 Å². The Balaban J connectivity index is 0.00000169. The number of nitrogens with zero attached hydrogens (tertiary/aromatic N) is 3. The highest BCUT2D eigenvalue weighted by molar-refractivity contribution is 7.92. The topological polar surface area (TPSA) is 82.6 Å². The summed E-state index contributed by atoms with van der Waals surface area (Å²) in [5.41, 5.74) is 0. The van der Waals surface area contributed by atoms with E-state index in [-0.39, 0.29) is 30.7 Å². The fourth-order valence-corrected chi connectivity index (χ4v) is 4.93. The maximum Gasteiger partial charge on any atom is 0.244 e. The first kappa shape index (κ1) is 23.0. The molecule has 0 unspecified atom stereocenters. The Kier molecular flexibility index (Phi) is 8.13. The summed E-state index contributed by atoms with van der Waals surface area (Å²) in [5.74, 6) is 0.663. The van der Waals surface area contributed by atoms with Gasteiger partial charge < -0.3 is 15.1 Å². The maximum atomic E-state index is 13.0. The summed E-state index contributed by atoms with van der Waals surface area (Å²) in [5, 5.41) is 3.15. The van der Waals surface area contributed by atoms with Gasteiger partial charge in [-0.15, -0.1) is 24.8 Å². The number of hydrogen-bond acceptors (Lipinski definition) is 6. The van der Waals surface area contributed by atoms with Crippen LogP contribution in [0.25, 0.3) is 0 Å². The van der Waals surface area contributed by atoms with Crippen molar-refractivity contribution in [3.8, 4) is 0 Å². The first-order valence-corrected chi connectivity index (χ1v) is 10.2. The fourth-order valence-electron chi connectivity index (χ4n) is 3.54. The van der Waals surface area contributed by atoms with Crippen LogP contribution in [-0.2, 0) is 14.6 Å². The second kappa shape index (κ2) is 9.21. The van der Waals surface area contributed by atoms with E-state index in [1.165, 1.54) is 6.26 Å². The number of hydrogen-bond donors (Lipinski definition) is 1. The van der Waals surface area contributed by atoms with Crippen LogP contribution in [0.3, 0.4) is 0 Å². The SMILES string of the molecule is CS(=O)(=O)C1(C(=O)N2CCN(c3ccccn3)CC2)CCNCC1.Cl.Cl. The molecule has 2 aliphatic rings. The van der Waals surface area contributed by atoms with Crippen molar-refractivity contribution in [2.75, 3.05) is 50.4 Å². The van der Waals surface area contributed by atoms with E-state index in [1.54, 1.807) is 11.1 Å². The van der Waals surface area contributed by atoms with Crippen molar-refractivity contribution >= 4 is 46.4 Å². The molecule has 0 saturated carbocycles. The molecular weight excluding hydrogens is 399 g/mol. The van der Waals surface area contributed by atoms with Gasteiger partial charge in [-0.05, 0) is 38.1 Å². The summed E-state index contributed by atoms with van der Waals surface area (Å²) in [4.78, 5) is 21.2. The van der Waals surface area contributed by atoms with E-state index in [0.29, 0.717) is 52.1 Å². The highest BCUT2D eigenvalue weighted by Crippen LogP contribution is 2.30. The number of anilines is 1. The van der Waals surface area contributed by atoms with E-state index in [1.807, 2.05) is 18.2 Å². The molecule has 1 amide bonds. The minimum atomic E-state index is -3.46. The van der Waals surface area contributed by atoms with E-state index in [4.69, 9.17) is 0 Å². The Morgan fingerprint density at radius 2 is 1.73 bits per heavy atom. The monoisotopic (exact) mass is 424 g/mol. The molecule has 3 rings (SSSR count). The lowest BCUT2D eigenvalue weighted by Gasteiger charge is -2.42. The maximum absolute atomic E-state index is 13.0. The first-order chi connectivity index (χ1) is 11.4. The summed E-state index contributed by atoms with van der Waals surface area (Å²) in [6.07, 6.45) is 3.65. The van der Waals surface area contributed by atoms with E-state index >= 15 is 0 Å². The van der Waals surface area contributed by atoms with Crippen LogP contribution in [0, 0.1) is 0 Å². The van der Waals surface area contributed by atoms with Crippen LogP contribution in [0.15, 0.2) is 24.4 Å². The van der Waals surface area contributed by atoms with Crippen LogP contribution in [0.5, 0.6) is 0 Å². The van der Waals surface area contributed by atoms with Crippen molar-refractivity contribution in [3.05, 3.63) is 24.4 Å². The highest BCUT2D eigenvalue weighted by atomic mass is 35.5. The average Bonchev–Trinajstić information content (AvgIpc) is 2.62. The zero-order chi connectivity index (χ0) is 17.2. The Hall–Kier alpha value is -1.09. The van der Waals surface area contributed by atoms with Crippen molar-refractivity contribution in [2.24, 2.45) is 0 Å². The number of nitrogens with one attached hydrogen (secondary N) is 1. The number of rotatable bonds is 3. The van der Waals surface area contributed by atoms with Crippen LogP contribution in [0.1, 0.15) is 12.8 Å². The van der Waals surface area contributed by atoms with Crippen molar-refractivity contribution in [2.45, 2.75) is 17.6 Å². The minimum Gasteiger partial charge on any atom is -0.353 e. The van der Waals surface area contributed by atoms with E-state index in [0.717, 1.165) is 5.82 Å². The summed E-state index contributed by atoms with van der Waals surface area (Å²) in [6, 6.07) is 5.76. The van der Waals surface area contributed by atoms with Crippen molar-refractivity contribution in [1.82, 2.24) is 15.2 Å². The van der Waals surface area contributed by atoms with Gasteiger partial charge >= 0.3 is 0 Å². The molecule has 1 aromatic rings. The smallest absolute Gasteiger partial charge is 0.244 e. The molecule has 0 bridgehead atoms. The molecule has 1 N–H and O–H groups in total. The van der Waals surface area contributed by atoms with Crippen molar-refractivity contribution in [3.63, 3.8) is 0 Å². The molecule has 26 heavy (non-hydrogen) atoms. The van der Waals surface area contributed by atoms with Gasteiger partial charge in [0.1, 0.15) is 5.82 Å². The predicted molar refractivity (Wildman–Crippen MR) is 107 cm³/mol. The number of halogens is 2. The minimum absolute atomic E-state index is 0. The third kappa shape index (κ3) is 4.42. The number of amides is 1. The molecule has 148 valence electrons. The van der Waals surface area contributed by atoms with E-state index in [2.05, 4.69) is 15.2 Å². The van der Waals surface area contributed by atoms with Crippen molar-refractivity contribution < 1.29 is 13.2 Å². The lowest BCUT2D eigenvalue weighted by molar-refractivity contribution is -0.135. The molecule has 0 radical (unpaired) electrons. The predicted octanol–water partition coefficient (Wildman–Crippen LogP) is 0.741. The molecule has 3 heterocycles. The molecule has 2 fully saturated rings. The molecular formula is C16H26Cl2N4O3S. The Morgan fingerprint density at radius 1 is 1.12 bits per heavy atom. The quantitative estimate of drug-likeness (QED) is 0.770. The Bertz CT molecular complexity index is 689. The Labute approximate surface area is 167 Å². The molecule has 0 atom stereocenters. The van der Waals surface area contributed by atoms with Gasteiger partial charge in [0.05, 0.1) is 0 Å². The lowest BCUT2D eigenvalue weighted by atomic mass is 9.95. The summed E-state index contributed by atoms with van der Waals surface area (Å²) in [6.45, 7) is 3.52. The van der Waals surface area contributed by atoms with Gasteiger partial charge in [0.2, 0.25) is 5.91 Å². The van der Waals surface area contributed by atoms with Gasteiger partial charge in [-0.3, -0.25) is 4.79 Å². The van der Waals surface area contributed by atoms with Gasteiger partial charge in [0.25, 0.3) is 0 Å². The average molecular weight is 425 g/mol. The number of aromatic nitrogens is 1. The molecule has 10 heteroatoms. The third-order valence-corrected chi connectivity index (χ3v) is 7.05. The number of carbonyl (C=O) groups is 1. The summed E-state index contributed by atoms with van der Waals surface area (Å²) >= 11 is 0. The number of piperazine rings is 1. The van der Waals surface area contributed by atoms with Crippen molar-refractivity contribution in [1.29, 1.82) is 0 Å². The van der Waals surface area contributed by atoms with Crippen LogP contribution in [-0.4, -0.2) is 74.5 Å². The molecule has 0 spiro atoms. The second-order valence-electron chi connectivity index (χ2n) is 6.48. The van der Waals surface area contributed by atoms with Crippen LogP contribution in [0.2, 0.25) is 0 Å². The molecule has 1 aromatic heterocycles. The summed E-state index contributed by atoms with van der Waals surface area (Å²) < 4.78 is 23.5. The Morgan fingerprint density at radius 3 is 2.23 bits per heavy atom. The summed E-state index contributed by atoms with van der Waals surface area (Å²) in [7, 11) is -3.46. The molecule has 2 aliphatic heterocycles. The van der Waals surface area contributed by atoms with Crippen LogP contribution in [0.4, 0.5) is 5.82 Å². The fraction of sp³-hybridized carbons (Fsp3) is 0.625. The van der Waals surface area contributed by atoms with Gasteiger partial charge in [0.15, 0.2) is 14.6 Å². The van der Waals surface area contributed by atoms with Gasteiger partial charge in [-0.1, -0.05) is 6.07 Å². The third-order valence-electron chi connectivity index (χ3n) is 5.05. The van der Waals surface area contributed by atoms with Crippen LogP contribution >= 0.6 is 24.8 Å². The standard InChI is InChI=1S/C16H24N4O3S.2ClH/c1-24(22,23)16(5-8-17-9-6-16)15(21)20-12-10-19(11-13-20)14-4-2-3-7-18-14;;/h2-4,7,17H,5-6,8-13H2,1H3;2*1H. The molecule has 2 saturated heterocycles. The zero-order valence-corrected chi connectivity index (χ0v) is 17.2. The van der Waals surface area contributed by atoms with E-state index < -0.39 is 14.6 Å². The lowest BCUT2D eigenvalue weighted by Crippen LogP contribution is -2.61. The number of carbonyl (C=O) groups excluding carboxylic acids is 1. The molecule has 0 aromatic carbocycles.